The van der Waals surface area contributed by atoms with E-state index in [1.165, 1.54) is 13.3 Å². The molecule has 0 bridgehead atoms. The Kier molecular flexibility index (Phi) is 8.92. The molecule has 1 aromatic heterocycles. The number of esters is 1. The molecule has 0 amide bonds. The molecule has 1 N–H and O–H groups in total. The molecule has 0 aliphatic heterocycles. The van der Waals surface area contributed by atoms with Gasteiger partial charge in [0.1, 0.15) is 23.7 Å². The third kappa shape index (κ3) is 6.58. The average Bonchev–Trinajstić information content (AvgIpc) is 3.33. The SMILES string of the molecule is COc1ccnc(C(=S)C[C@@H](C)C(=O)O[C@@H](C)[C@H](Oc2ccc(Cl)cc2)C2CCCC2)c1O. The molecule has 0 unspecified atom stereocenters. The third-order valence-corrected chi connectivity index (χ3v) is 6.59. The van der Waals surface area contributed by atoms with Gasteiger partial charge in [0.15, 0.2) is 11.5 Å². The van der Waals surface area contributed by atoms with Gasteiger partial charge in [0.25, 0.3) is 0 Å². The molecule has 1 aliphatic carbocycles. The van der Waals surface area contributed by atoms with E-state index in [0.29, 0.717) is 21.6 Å². The number of hydrogen-bond acceptors (Lipinski definition) is 7. The summed E-state index contributed by atoms with van der Waals surface area (Å²) < 4.78 is 17.2. The number of ether oxygens (including phenoxy) is 3. The van der Waals surface area contributed by atoms with E-state index in [1.807, 2.05) is 19.1 Å². The van der Waals surface area contributed by atoms with Crippen LogP contribution in [0.3, 0.4) is 0 Å². The Labute approximate surface area is 205 Å². The van der Waals surface area contributed by atoms with Gasteiger partial charge in [-0.25, -0.2) is 0 Å². The predicted molar refractivity (Wildman–Crippen MR) is 131 cm³/mol. The summed E-state index contributed by atoms with van der Waals surface area (Å²) in [5.74, 6) is 0.300. The fraction of sp³-hybridized carbons (Fsp3) is 0.480. The van der Waals surface area contributed by atoms with Crippen LogP contribution in [0.4, 0.5) is 0 Å². The maximum absolute atomic E-state index is 12.9. The topological polar surface area (TPSA) is 77.9 Å². The molecule has 0 saturated heterocycles. The number of aromatic hydroxyl groups is 1. The highest BCUT2D eigenvalue weighted by atomic mass is 35.5. The Morgan fingerprint density at radius 3 is 2.52 bits per heavy atom. The highest BCUT2D eigenvalue weighted by Gasteiger charge is 2.34. The van der Waals surface area contributed by atoms with Crippen LogP contribution in [0, 0.1) is 11.8 Å². The van der Waals surface area contributed by atoms with Crippen molar-refractivity contribution in [3.05, 3.63) is 47.2 Å². The fourth-order valence-corrected chi connectivity index (χ4v) is 4.69. The molecule has 2 aromatic rings. The summed E-state index contributed by atoms with van der Waals surface area (Å²) >= 11 is 11.4. The number of methoxy groups -OCH3 is 1. The molecule has 3 rings (SSSR count). The molecule has 0 radical (unpaired) electrons. The van der Waals surface area contributed by atoms with Crippen LogP contribution in [0.2, 0.25) is 5.02 Å². The quantitative estimate of drug-likeness (QED) is 0.257. The number of carbonyl (C=O) groups is 1. The maximum atomic E-state index is 12.9. The van der Waals surface area contributed by atoms with E-state index in [-0.39, 0.29) is 35.7 Å². The predicted octanol–water partition coefficient (Wildman–Crippen LogP) is 5.76. The maximum Gasteiger partial charge on any atom is 0.309 e. The number of rotatable bonds is 10. The zero-order chi connectivity index (χ0) is 24.0. The van der Waals surface area contributed by atoms with E-state index in [9.17, 15) is 9.90 Å². The lowest BCUT2D eigenvalue weighted by Gasteiger charge is -2.30. The Hall–Kier alpha value is -2.38. The monoisotopic (exact) mass is 491 g/mol. The van der Waals surface area contributed by atoms with Gasteiger partial charge in [0.2, 0.25) is 0 Å². The van der Waals surface area contributed by atoms with Gasteiger partial charge in [-0.15, -0.1) is 0 Å². The van der Waals surface area contributed by atoms with E-state index in [4.69, 9.17) is 38.0 Å². The van der Waals surface area contributed by atoms with Crippen LogP contribution in [-0.4, -0.2) is 40.2 Å². The molecular weight excluding hydrogens is 462 g/mol. The van der Waals surface area contributed by atoms with Gasteiger partial charge < -0.3 is 19.3 Å². The highest BCUT2D eigenvalue weighted by Crippen LogP contribution is 2.33. The van der Waals surface area contributed by atoms with Gasteiger partial charge in [0, 0.05) is 22.2 Å². The molecule has 1 fully saturated rings. The van der Waals surface area contributed by atoms with Crippen molar-refractivity contribution < 1.29 is 24.1 Å². The lowest BCUT2D eigenvalue weighted by atomic mass is 9.96. The molecule has 1 aromatic carbocycles. The molecule has 3 atom stereocenters. The molecule has 33 heavy (non-hydrogen) atoms. The number of halogens is 1. The van der Waals surface area contributed by atoms with Crippen molar-refractivity contribution in [1.29, 1.82) is 0 Å². The normalized spacial score (nSPS) is 16.6. The lowest BCUT2D eigenvalue weighted by Crippen LogP contribution is -2.40. The van der Waals surface area contributed by atoms with E-state index in [2.05, 4.69) is 4.98 Å². The van der Waals surface area contributed by atoms with Crippen molar-refractivity contribution in [2.24, 2.45) is 11.8 Å². The number of pyridine rings is 1. The molecule has 1 heterocycles. The van der Waals surface area contributed by atoms with Crippen LogP contribution in [0.5, 0.6) is 17.2 Å². The van der Waals surface area contributed by atoms with Gasteiger partial charge in [-0.3, -0.25) is 9.78 Å². The lowest BCUT2D eigenvalue weighted by molar-refractivity contribution is -0.158. The number of aromatic nitrogens is 1. The Morgan fingerprint density at radius 2 is 1.88 bits per heavy atom. The Bertz CT molecular complexity index is 962. The minimum atomic E-state index is -0.507. The fourth-order valence-electron chi connectivity index (χ4n) is 4.16. The first-order chi connectivity index (χ1) is 15.8. The highest BCUT2D eigenvalue weighted by molar-refractivity contribution is 7.80. The Morgan fingerprint density at radius 1 is 1.21 bits per heavy atom. The summed E-state index contributed by atoms with van der Waals surface area (Å²) in [5.41, 5.74) is 0.243. The molecule has 178 valence electrons. The van der Waals surface area contributed by atoms with Gasteiger partial charge in [-0.1, -0.05) is 43.6 Å². The number of benzene rings is 1. The average molecular weight is 492 g/mol. The van der Waals surface area contributed by atoms with E-state index < -0.39 is 12.0 Å². The van der Waals surface area contributed by atoms with Crippen LogP contribution in [-0.2, 0) is 9.53 Å². The number of carbonyl (C=O) groups excluding carboxylic acids is 1. The minimum Gasteiger partial charge on any atom is -0.503 e. The molecule has 0 spiro atoms. The van der Waals surface area contributed by atoms with Crippen molar-refractivity contribution in [3.8, 4) is 17.2 Å². The minimum absolute atomic E-state index is 0.128. The van der Waals surface area contributed by atoms with E-state index in [1.54, 1.807) is 25.1 Å². The number of thiocarbonyl (C=S) groups is 1. The summed E-state index contributed by atoms with van der Waals surface area (Å²) in [6.45, 7) is 3.63. The second-order valence-electron chi connectivity index (χ2n) is 8.46. The van der Waals surface area contributed by atoms with Crippen LogP contribution in [0.25, 0.3) is 0 Å². The summed E-state index contributed by atoms with van der Waals surface area (Å²) in [5, 5.41) is 10.9. The summed E-state index contributed by atoms with van der Waals surface area (Å²) in [6.07, 6.45) is 5.42. The molecule has 6 nitrogen and oxygen atoms in total. The van der Waals surface area contributed by atoms with Crippen LogP contribution in [0.15, 0.2) is 36.5 Å². The molecule has 8 heteroatoms. The number of hydrogen-bond donors (Lipinski definition) is 1. The number of nitrogens with zero attached hydrogens (tertiary/aromatic N) is 1. The zero-order valence-electron chi connectivity index (χ0n) is 19.1. The van der Waals surface area contributed by atoms with Gasteiger partial charge in [0.05, 0.1) is 13.0 Å². The zero-order valence-corrected chi connectivity index (χ0v) is 20.7. The first-order valence-corrected chi connectivity index (χ1v) is 12.0. The molecular formula is C25H30ClNO5S. The van der Waals surface area contributed by atoms with Gasteiger partial charge in [-0.2, -0.15) is 0 Å². The molecule has 1 aliphatic rings. The van der Waals surface area contributed by atoms with Crippen molar-refractivity contribution >= 4 is 34.7 Å². The van der Waals surface area contributed by atoms with Crippen molar-refractivity contribution in [2.75, 3.05) is 7.11 Å². The smallest absolute Gasteiger partial charge is 0.309 e. The second kappa shape index (κ2) is 11.7. The second-order valence-corrected chi connectivity index (χ2v) is 9.39. The van der Waals surface area contributed by atoms with Crippen molar-refractivity contribution in [2.45, 2.75) is 58.2 Å². The summed E-state index contributed by atoms with van der Waals surface area (Å²) in [4.78, 5) is 17.4. The van der Waals surface area contributed by atoms with Crippen molar-refractivity contribution in [1.82, 2.24) is 4.98 Å². The van der Waals surface area contributed by atoms with Gasteiger partial charge in [-0.05, 0) is 56.4 Å². The third-order valence-electron chi connectivity index (χ3n) is 5.98. The van der Waals surface area contributed by atoms with Crippen LogP contribution >= 0.6 is 23.8 Å². The van der Waals surface area contributed by atoms with Gasteiger partial charge >= 0.3 is 5.97 Å². The first kappa shape index (κ1) is 25.2. The van der Waals surface area contributed by atoms with E-state index in [0.717, 1.165) is 25.7 Å². The largest absolute Gasteiger partial charge is 0.503 e. The summed E-state index contributed by atoms with van der Waals surface area (Å²) in [7, 11) is 1.45. The van der Waals surface area contributed by atoms with Crippen LogP contribution < -0.4 is 9.47 Å². The molecule has 1 saturated carbocycles. The van der Waals surface area contributed by atoms with Crippen LogP contribution in [0.1, 0.15) is 51.6 Å². The summed E-state index contributed by atoms with van der Waals surface area (Å²) in [6, 6.07) is 8.76. The van der Waals surface area contributed by atoms with Crippen molar-refractivity contribution in [3.63, 3.8) is 0 Å². The standard InChI is InChI=1S/C25H30ClNO5S/c1-15(14-21(33)22-23(28)20(30-3)12-13-27-22)25(29)31-16(2)24(17-6-4-5-7-17)32-19-10-8-18(26)9-11-19/h8-13,15-17,24,28H,4-7,14H2,1-3H3/t15-,16+,24+/m1/s1. The Balaban J connectivity index is 1.64. The first-order valence-electron chi connectivity index (χ1n) is 11.2. The van der Waals surface area contributed by atoms with E-state index >= 15 is 0 Å².